The van der Waals surface area contributed by atoms with Crippen LogP contribution in [0.5, 0.6) is 11.5 Å². The molecule has 0 saturated heterocycles. The van der Waals surface area contributed by atoms with Crippen LogP contribution in [0.25, 0.3) is 0 Å². The topological polar surface area (TPSA) is 38.8 Å². The average molecular weight is 336 g/mol. The Balaban J connectivity index is 1.79. The van der Waals surface area contributed by atoms with Gasteiger partial charge in [-0.05, 0) is 29.8 Å². The van der Waals surface area contributed by atoms with Gasteiger partial charge in [-0.25, -0.2) is 4.39 Å². The van der Waals surface area contributed by atoms with Gasteiger partial charge < -0.3 is 14.4 Å². The van der Waals surface area contributed by atoms with Crippen LogP contribution in [-0.4, -0.2) is 31.1 Å². The first-order valence-corrected chi connectivity index (χ1v) is 7.52. The fourth-order valence-corrected chi connectivity index (χ4v) is 2.67. The van der Waals surface area contributed by atoms with E-state index in [4.69, 9.17) is 21.1 Å². The molecule has 2 aromatic rings. The lowest BCUT2D eigenvalue weighted by atomic mass is 10.1. The summed E-state index contributed by atoms with van der Waals surface area (Å²) in [6.07, 6.45) is 0. The predicted molar refractivity (Wildman–Crippen MR) is 84.6 cm³/mol. The Hall–Kier alpha value is -2.27. The Labute approximate surface area is 138 Å². The van der Waals surface area contributed by atoms with Crippen LogP contribution in [0.15, 0.2) is 36.4 Å². The Morgan fingerprint density at radius 1 is 1.22 bits per heavy atom. The summed E-state index contributed by atoms with van der Waals surface area (Å²) in [5, 5.41) is 0.101. The van der Waals surface area contributed by atoms with E-state index in [-0.39, 0.29) is 10.6 Å². The average Bonchev–Trinajstić information content (AvgIpc) is 2.54. The van der Waals surface area contributed by atoms with E-state index >= 15 is 0 Å². The molecule has 1 heterocycles. The highest BCUT2D eigenvalue weighted by Gasteiger charge is 2.20. The highest BCUT2D eigenvalue weighted by Crippen LogP contribution is 2.31. The van der Waals surface area contributed by atoms with E-state index in [1.54, 1.807) is 13.1 Å². The van der Waals surface area contributed by atoms with Gasteiger partial charge in [-0.2, -0.15) is 0 Å². The largest absolute Gasteiger partial charge is 0.486 e. The Morgan fingerprint density at radius 3 is 2.70 bits per heavy atom. The molecule has 0 saturated carbocycles. The van der Waals surface area contributed by atoms with Gasteiger partial charge in [-0.15, -0.1) is 0 Å². The van der Waals surface area contributed by atoms with Crippen molar-refractivity contribution >= 4 is 17.5 Å². The summed E-state index contributed by atoms with van der Waals surface area (Å²) < 4.78 is 24.8. The number of fused-ring (bicyclic) bond motifs is 1. The van der Waals surface area contributed by atoms with E-state index in [0.717, 1.165) is 5.56 Å². The SMILES string of the molecule is CN(Cc1ccc2c(c1)OCCO2)C(=O)c1c(F)cccc1Cl. The summed E-state index contributed by atoms with van der Waals surface area (Å²) >= 11 is 5.94. The maximum Gasteiger partial charge on any atom is 0.258 e. The van der Waals surface area contributed by atoms with E-state index in [1.165, 1.54) is 23.1 Å². The molecule has 0 radical (unpaired) electrons. The molecule has 23 heavy (non-hydrogen) atoms. The minimum Gasteiger partial charge on any atom is -0.486 e. The van der Waals surface area contributed by atoms with E-state index in [9.17, 15) is 9.18 Å². The van der Waals surface area contributed by atoms with E-state index in [2.05, 4.69) is 0 Å². The normalized spacial score (nSPS) is 12.8. The molecule has 1 aliphatic rings. The summed E-state index contributed by atoms with van der Waals surface area (Å²) in [6, 6.07) is 9.65. The van der Waals surface area contributed by atoms with E-state index < -0.39 is 11.7 Å². The van der Waals surface area contributed by atoms with Crippen molar-refractivity contribution in [3.05, 3.63) is 58.4 Å². The number of carbonyl (C=O) groups is 1. The maximum absolute atomic E-state index is 13.9. The molecule has 0 aromatic heterocycles. The summed E-state index contributed by atoms with van der Waals surface area (Å²) in [6.45, 7) is 1.33. The van der Waals surface area contributed by atoms with Crippen LogP contribution >= 0.6 is 11.6 Å². The van der Waals surface area contributed by atoms with Crippen LogP contribution in [0, 0.1) is 5.82 Å². The molecule has 4 nitrogen and oxygen atoms in total. The van der Waals surface area contributed by atoms with Crippen molar-refractivity contribution in [2.45, 2.75) is 6.54 Å². The number of hydrogen-bond acceptors (Lipinski definition) is 3. The first kappa shape index (κ1) is 15.6. The van der Waals surface area contributed by atoms with Gasteiger partial charge in [-0.3, -0.25) is 4.79 Å². The highest BCUT2D eigenvalue weighted by molar-refractivity contribution is 6.33. The smallest absolute Gasteiger partial charge is 0.258 e. The van der Waals surface area contributed by atoms with Crippen molar-refractivity contribution in [2.24, 2.45) is 0 Å². The zero-order chi connectivity index (χ0) is 16.4. The number of hydrogen-bond donors (Lipinski definition) is 0. The van der Waals surface area contributed by atoms with Crippen LogP contribution in [0.3, 0.4) is 0 Å². The number of halogens is 2. The maximum atomic E-state index is 13.9. The lowest BCUT2D eigenvalue weighted by Crippen LogP contribution is -2.27. The molecule has 0 N–H and O–H groups in total. The van der Waals surface area contributed by atoms with Gasteiger partial charge in [-0.1, -0.05) is 23.7 Å². The molecular weight excluding hydrogens is 321 g/mol. The highest BCUT2D eigenvalue weighted by atomic mass is 35.5. The molecular formula is C17H15ClFNO3. The van der Waals surface area contributed by atoms with Crippen molar-refractivity contribution in [3.8, 4) is 11.5 Å². The minimum absolute atomic E-state index is 0.101. The zero-order valence-electron chi connectivity index (χ0n) is 12.5. The molecule has 1 amide bonds. The second-order valence-corrected chi connectivity index (χ2v) is 5.64. The number of carbonyl (C=O) groups excluding carboxylic acids is 1. The van der Waals surface area contributed by atoms with Gasteiger partial charge in [0.25, 0.3) is 5.91 Å². The van der Waals surface area contributed by atoms with Crippen molar-refractivity contribution in [3.63, 3.8) is 0 Å². The number of amides is 1. The molecule has 0 atom stereocenters. The summed E-state index contributed by atoms with van der Waals surface area (Å²) in [4.78, 5) is 13.8. The first-order chi connectivity index (χ1) is 11.1. The molecule has 0 bridgehead atoms. The number of ether oxygens (including phenoxy) is 2. The lowest BCUT2D eigenvalue weighted by molar-refractivity contribution is 0.0780. The number of nitrogens with zero attached hydrogens (tertiary/aromatic N) is 1. The molecule has 0 unspecified atom stereocenters. The fourth-order valence-electron chi connectivity index (χ4n) is 2.42. The second-order valence-electron chi connectivity index (χ2n) is 5.24. The number of rotatable bonds is 3. The van der Waals surface area contributed by atoms with Crippen molar-refractivity contribution in [1.82, 2.24) is 4.90 Å². The van der Waals surface area contributed by atoms with Gasteiger partial charge in [0.05, 0.1) is 10.6 Å². The zero-order valence-corrected chi connectivity index (χ0v) is 13.3. The number of benzene rings is 2. The molecule has 0 fully saturated rings. The summed E-state index contributed by atoms with van der Waals surface area (Å²) in [5.41, 5.74) is 0.742. The van der Waals surface area contributed by atoms with Gasteiger partial charge in [0.2, 0.25) is 0 Å². The van der Waals surface area contributed by atoms with Crippen molar-refractivity contribution in [2.75, 3.05) is 20.3 Å². The van der Waals surface area contributed by atoms with Gasteiger partial charge in [0.1, 0.15) is 19.0 Å². The molecule has 0 spiro atoms. The Kier molecular flexibility index (Phi) is 4.39. The van der Waals surface area contributed by atoms with Crippen LogP contribution < -0.4 is 9.47 Å². The Morgan fingerprint density at radius 2 is 1.96 bits per heavy atom. The van der Waals surface area contributed by atoms with Crippen LogP contribution in [0.2, 0.25) is 5.02 Å². The van der Waals surface area contributed by atoms with Gasteiger partial charge in [0, 0.05) is 13.6 Å². The minimum atomic E-state index is -0.628. The van der Waals surface area contributed by atoms with Crippen LogP contribution in [0.1, 0.15) is 15.9 Å². The fraction of sp³-hybridized carbons (Fsp3) is 0.235. The second kappa shape index (κ2) is 6.46. The third kappa shape index (κ3) is 3.24. The summed E-state index contributed by atoms with van der Waals surface area (Å²) in [7, 11) is 1.60. The molecule has 2 aromatic carbocycles. The molecule has 120 valence electrons. The monoisotopic (exact) mass is 335 g/mol. The van der Waals surface area contributed by atoms with E-state index in [1.807, 2.05) is 12.1 Å². The van der Waals surface area contributed by atoms with Crippen molar-refractivity contribution in [1.29, 1.82) is 0 Å². The molecule has 0 aliphatic carbocycles. The van der Waals surface area contributed by atoms with E-state index in [0.29, 0.717) is 31.3 Å². The third-order valence-corrected chi connectivity index (χ3v) is 3.86. The lowest BCUT2D eigenvalue weighted by Gasteiger charge is -2.21. The predicted octanol–water partition coefficient (Wildman–Crippen LogP) is 3.52. The first-order valence-electron chi connectivity index (χ1n) is 7.14. The quantitative estimate of drug-likeness (QED) is 0.861. The van der Waals surface area contributed by atoms with Crippen LogP contribution in [0.4, 0.5) is 4.39 Å². The molecule has 3 rings (SSSR count). The molecule has 6 heteroatoms. The third-order valence-electron chi connectivity index (χ3n) is 3.55. The Bertz CT molecular complexity index is 730. The van der Waals surface area contributed by atoms with Crippen molar-refractivity contribution < 1.29 is 18.7 Å². The van der Waals surface area contributed by atoms with Crippen LogP contribution in [-0.2, 0) is 6.54 Å². The van der Waals surface area contributed by atoms with Gasteiger partial charge in [0.15, 0.2) is 11.5 Å². The standard InChI is InChI=1S/C17H15ClFNO3/c1-20(17(21)16-12(18)3-2-4-13(16)19)10-11-5-6-14-15(9-11)23-8-7-22-14/h2-6,9H,7-8,10H2,1H3. The van der Waals surface area contributed by atoms with Gasteiger partial charge >= 0.3 is 0 Å². The molecule has 1 aliphatic heterocycles. The summed E-state index contributed by atoms with van der Waals surface area (Å²) in [5.74, 6) is 0.240.